The van der Waals surface area contributed by atoms with Crippen molar-refractivity contribution >= 4 is 28.0 Å². The summed E-state index contributed by atoms with van der Waals surface area (Å²) >= 11 is 3.45. The molecule has 0 atom stereocenters. The first-order valence-electron chi connectivity index (χ1n) is 5.18. The lowest BCUT2D eigenvalue weighted by molar-refractivity contribution is 0.807. The summed E-state index contributed by atoms with van der Waals surface area (Å²) in [5.41, 5.74) is 7.85. The Morgan fingerprint density at radius 2 is 2.35 bits per heavy atom. The molecule has 1 heterocycles. The Labute approximate surface area is 108 Å². The van der Waals surface area contributed by atoms with E-state index in [1.165, 1.54) is 5.56 Å². The second-order valence-electron chi connectivity index (χ2n) is 3.66. The van der Waals surface area contributed by atoms with Crippen LogP contribution in [-0.4, -0.2) is 22.8 Å². The van der Waals surface area contributed by atoms with Gasteiger partial charge in [0.25, 0.3) is 0 Å². The number of benzene rings is 1. The SMILES string of the molecule is CN=Cc1ncn(Cc2cccc(Br)c2)c1N. The van der Waals surface area contributed by atoms with Crippen LogP contribution in [0.25, 0.3) is 0 Å². The van der Waals surface area contributed by atoms with Crippen LogP contribution in [0.2, 0.25) is 0 Å². The van der Waals surface area contributed by atoms with Gasteiger partial charge in [0.15, 0.2) is 0 Å². The smallest absolute Gasteiger partial charge is 0.132 e. The molecular weight excluding hydrogens is 280 g/mol. The summed E-state index contributed by atoms with van der Waals surface area (Å²) in [6, 6.07) is 8.11. The van der Waals surface area contributed by atoms with Gasteiger partial charge in [0.05, 0.1) is 19.1 Å². The van der Waals surface area contributed by atoms with Gasteiger partial charge in [-0.1, -0.05) is 28.1 Å². The third kappa shape index (κ3) is 2.74. The minimum absolute atomic E-state index is 0.635. The number of hydrogen-bond acceptors (Lipinski definition) is 3. The lowest BCUT2D eigenvalue weighted by Crippen LogP contribution is -2.04. The maximum atomic E-state index is 5.97. The number of halogens is 1. The van der Waals surface area contributed by atoms with Crippen LogP contribution >= 0.6 is 15.9 Å². The zero-order valence-electron chi connectivity index (χ0n) is 9.47. The van der Waals surface area contributed by atoms with E-state index in [2.05, 4.69) is 38.0 Å². The number of nitrogen functional groups attached to an aromatic ring is 1. The lowest BCUT2D eigenvalue weighted by Gasteiger charge is -2.05. The van der Waals surface area contributed by atoms with Crippen LogP contribution in [0.15, 0.2) is 40.1 Å². The van der Waals surface area contributed by atoms with Crippen LogP contribution in [-0.2, 0) is 6.54 Å². The Balaban J connectivity index is 2.24. The molecule has 0 unspecified atom stereocenters. The van der Waals surface area contributed by atoms with Gasteiger partial charge in [-0.2, -0.15) is 0 Å². The number of aromatic nitrogens is 2. The van der Waals surface area contributed by atoms with E-state index >= 15 is 0 Å². The Hall–Kier alpha value is -1.62. The molecule has 1 aromatic heterocycles. The van der Waals surface area contributed by atoms with Crippen LogP contribution in [0.4, 0.5) is 5.82 Å². The van der Waals surface area contributed by atoms with Gasteiger partial charge in [0.1, 0.15) is 11.5 Å². The first kappa shape index (κ1) is 11.9. The van der Waals surface area contributed by atoms with Crippen molar-refractivity contribution in [2.75, 3.05) is 12.8 Å². The highest BCUT2D eigenvalue weighted by Gasteiger charge is 2.05. The normalized spacial score (nSPS) is 11.2. The monoisotopic (exact) mass is 292 g/mol. The summed E-state index contributed by atoms with van der Waals surface area (Å²) < 4.78 is 2.96. The van der Waals surface area contributed by atoms with Gasteiger partial charge in [-0.05, 0) is 17.7 Å². The minimum Gasteiger partial charge on any atom is -0.383 e. The van der Waals surface area contributed by atoms with Crippen molar-refractivity contribution in [2.24, 2.45) is 4.99 Å². The Kier molecular flexibility index (Phi) is 3.58. The van der Waals surface area contributed by atoms with Crippen molar-refractivity contribution in [3.63, 3.8) is 0 Å². The topological polar surface area (TPSA) is 56.2 Å². The molecule has 4 nitrogen and oxygen atoms in total. The number of nitrogens with two attached hydrogens (primary N) is 1. The second kappa shape index (κ2) is 5.14. The van der Waals surface area contributed by atoms with Gasteiger partial charge in [-0.15, -0.1) is 0 Å². The molecule has 0 amide bonds. The molecule has 0 saturated heterocycles. The van der Waals surface area contributed by atoms with E-state index < -0.39 is 0 Å². The van der Waals surface area contributed by atoms with E-state index in [1.54, 1.807) is 19.6 Å². The first-order chi connectivity index (χ1) is 8.20. The second-order valence-corrected chi connectivity index (χ2v) is 4.58. The van der Waals surface area contributed by atoms with Crippen molar-refractivity contribution in [3.8, 4) is 0 Å². The van der Waals surface area contributed by atoms with Crippen LogP contribution in [0, 0.1) is 0 Å². The zero-order valence-corrected chi connectivity index (χ0v) is 11.1. The molecule has 17 heavy (non-hydrogen) atoms. The lowest BCUT2D eigenvalue weighted by atomic mass is 10.2. The zero-order chi connectivity index (χ0) is 12.3. The molecule has 0 aliphatic rings. The number of anilines is 1. The third-order valence-electron chi connectivity index (χ3n) is 2.40. The van der Waals surface area contributed by atoms with Gasteiger partial charge < -0.3 is 10.3 Å². The molecule has 1 aromatic carbocycles. The standard InChI is InChI=1S/C12H13BrN4/c1-15-6-11-12(14)17(8-16-11)7-9-3-2-4-10(13)5-9/h2-6,8H,7,14H2,1H3. The molecule has 2 rings (SSSR count). The summed E-state index contributed by atoms with van der Waals surface area (Å²) in [4.78, 5) is 8.11. The van der Waals surface area contributed by atoms with Crippen LogP contribution in [0.3, 0.4) is 0 Å². The van der Waals surface area contributed by atoms with Crippen molar-refractivity contribution in [2.45, 2.75) is 6.54 Å². The fraction of sp³-hybridized carbons (Fsp3) is 0.167. The summed E-state index contributed by atoms with van der Waals surface area (Å²) in [6.07, 6.45) is 3.39. The molecular formula is C12H13BrN4. The van der Waals surface area contributed by atoms with E-state index in [4.69, 9.17) is 5.73 Å². The van der Waals surface area contributed by atoms with Gasteiger partial charge in [0.2, 0.25) is 0 Å². The number of hydrogen-bond donors (Lipinski definition) is 1. The van der Waals surface area contributed by atoms with E-state index in [-0.39, 0.29) is 0 Å². The number of rotatable bonds is 3. The van der Waals surface area contributed by atoms with E-state index in [9.17, 15) is 0 Å². The van der Waals surface area contributed by atoms with Gasteiger partial charge in [-0.25, -0.2) is 4.98 Å². The largest absolute Gasteiger partial charge is 0.383 e. The Morgan fingerprint density at radius 3 is 3.06 bits per heavy atom. The summed E-state index contributed by atoms with van der Waals surface area (Å²) in [5, 5.41) is 0. The number of nitrogens with zero attached hydrogens (tertiary/aromatic N) is 3. The van der Waals surface area contributed by atoms with Crippen LogP contribution in [0.1, 0.15) is 11.3 Å². The molecule has 0 fully saturated rings. The predicted molar refractivity (Wildman–Crippen MR) is 73.4 cm³/mol. The fourth-order valence-corrected chi connectivity index (χ4v) is 2.03. The maximum Gasteiger partial charge on any atom is 0.132 e. The molecule has 5 heteroatoms. The molecule has 2 N–H and O–H groups in total. The van der Waals surface area contributed by atoms with E-state index in [0.29, 0.717) is 18.1 Å². The highest BCUT2D eigenvalue weighted by atomic mass is 79.9. The van der Waals surface area contributed by atoms with Crippen LogP contribution < -0.4 is 5.73 Å². The van der Waals surface area contributed by atoms with Gasteiger partial charge in [-0.3, -0.25) is 4.99 Å². The van der Waals surface area contributed by atoms with Crippen molar-refractivity contribution < 1.29 is 0 Å². The maximum absolute atomic E-state index is 5.97. The molecule has 0 spiro atoms. The summed E-state index contributed by atoms with van der Waals surface area (Å²) in [6.45, 7) is 0.704. The molecule has 2 aromatic rings. The highest BCUT2D eigenvalue weighted by molar-refractivity contribution is 9.10. The van der Waals surface area contributed by atoms with Crippen molar-refractivity contribution in [1.29, 1.82) is 0 Å². The van der Waals surface area contributed by atoms with Gasteiger partial charge >= 0.3 is 0 Å². The minimum atomic E-state index is 0.635. The Morgan fingerprint density at radius 1 is 1.53 bits per heavy atom. The molecule has 0 bridgehead atoms. The number of imidazole rings is 1. The Bertz CT molecular complexity index is 545. The van der Waals surface area contributed by atoms with E-state index in [1.807, 2.05) is 16.7 Å². The van der Waals surface area contributed by atoms with Crippen molar-refractivity contribution in [3.05, 3.63) is 46.3 Å². The van der Waals surface area contributed by atoms with Crippen molar-refractivity contribution in [1.82, 2.24) is 9.55 Å². The molecule has 0 aliphatic carbocycles. The molecule has 0 aliphatic heterocycles. The molecule has 0 saturated carbocycles. The fourth-order valence-electron chi connectivity index (χ4n) is 1.59. The summed E-state index contributed by atoms with van der Waals surface area (Å²) in [7, 11) is 1.70. The first-order valence-corrected chi connectivity index (χ1v) is 5.97. The third-order valence-corrected chi connectivity index (χ3v) is 2.89. The molecule has 88 valence electrons. The van der Waals surface area contributed by atoms with Crippen LogP contribution in [0.5, 0.6) is 0 Å². The number of aliphatic imine (C=N–C) groups is 1. The van der Waals surface area contributed by atoms with E-state index in [0.717, 1.165) is 4.47 Å². The van der Waals surface area contributed by atoms with Gasteiger partial charge in [0, 0.05) is 11.5 Å². The quantitative estimate of drug-likeness (QED) is 0.883. The predicted octanol–water partition coefficient (Wildman–Crippen LogP) is 2.32. The summed E-state index contributed by atoms with van der Waals surface area (Å²) in [5.74, 6) is 0.635. The highest BCUT2D eigenvalue weighted by Crippen LogP contribution is 2.15. The average Bonchev–Trinajstić information content (AvgIpc) is 2.62. The average molecular weight is 293 g/mol. The molecule has 0 radical (unpaired) electrons.